The lowest BCUT2D eigenvalue weighted by Gasteiger charge is -2.15. The van der Waals surface area contributed by atoms with Crippen LogP contribution in [0, 0.1) is 0 Å². The van der Waals surface area contributed by atoms with E-state index in [1.807, 2.05) is 0 Å². The summed E-state index contributed by atoms with van der Waals surface area (Å²) in [4.78, 5) is 21.3. The Morgan fingerprint density at radius 2 is 2.50 bits per heavy atom. The molecule has 5 nitrogen and oxygen atoms in total. The van der Waals surface area contributed by atoms with Crippen LogP contribution in [0.15, 0.2) is 0 Å². The van der Waals surface area contributed by atoms with Crippen molar-refractivity contribution in [2.75, 3.05) is 13.7 Å². The summed E-state index contributed by atoms with van der Waals surface area (Å²) in [5, 5.41) is 9.52. The maximum absolute atomic E-state index is 10.7. The van der Waals surface area contributed by atoms with E-state index >= 15 is 0 Å². The van der Waals surface area contributed by atoms with E-state index in [9.17, 15) is 14.7 Å². The predicted octanol–water partition coefficient (Wildman–Crippen LogP) is -0.773. The van der Waals surface area contributed by atoms with Gasteiger partial charge in [0, 0.05) is 0 Å². The molecule has 0 aromatic rings. The van der Waals surface area contributed by atoms with Gasteiger partial charge in [0.2, 0.25) is 0 Å². The summed E-state index contributed by atoms with van der Waals surface area (Å²) in [7, 11) is 1.23. The molecule has 1 N–H and O–H groups in total. The number of carbonyl (C=O) groups excluding carboxylic acids is 2. The second-order valence-corrected chi connectivity index (χ2v) is 2.81. The Morgan fingerprint density at radius 1 is 1.83 bits per heavy atom. The fraction of sp³-hybridized carbons (Fsp3) is 0.714. The van der Waals surface area contributed by atoms with Crippen LogP contribution in [0.1, 0.15) is 12.8 Å². The van der Waals surface area contributed by atoms with Crippen LogP contribution in [0.4, 0.5) is 0 Å². The monoisotopic (exact) mass is 174 g/mol. The number of hydrogen-bond donors (Lipinski definition) is 1. The molecule has 12 heavy (non-hydrogen) atoms. The second-order valence-electron chi connectivity index (χ2n) is 2.81. The summed E-state index contributed by atoms with van der Waals surface area (Å²) in [6.07, 6.45) is -0.336. The van der Waals surface area contributed by atoms with E-state index in [-0.39, 0.29) is 19.4 Å². The van der Waals surface area contributed by atoms with Crippen LogP contribution in [-0.2, 0) is 19.1 Å². The number of esters is 2. The molecule has 0 spiro atoms. The molecule has 1 aliphatic heterocycles. The van der Waals surface area contributed by atoms with Gasteiger partial charge >= 0.3 is 11.9 Å². The Labute approximate surface area is 69.3 Å². The maximum Gasteiger partial charge on any atom is 0.308 e. The Bertz CT molecular complexity index is 212. The minimum absolute atomic E-state index is 0.124. The number of methoxy groups -OCH3 is 1. The molecule has 1 heterocycles. The summed E-state index contributed by atoms with van der Waals surface area (Å²) in [6, 6.07) is 0. The van der Waals surface area contributed by atoms with E-state index in [2.05, 4.69) is 9.47 Å². The van der Waals surface area contributed by atoms with Gasteiger partial charge in [-0.05, 0) is 0 Å². The second kappa shape index (κ2) is 3.10. The molecular weight excluding hydrogens is 164 g/mol. The van der Waals surface area contributed by atoms with E-state index in [1.165, 1.54) is 7.11 Å². The van der Waals surface area contributed by atoms with Crippen molar-refractivity contribution in [1.82, 2.24) is 0 Å². The van der Waals surface area contributed by atoms with Crippen molar-refractivity contribution in [1.29, 1.82) is 0 Å². The van der Waals surface area contributed by atoms with Crippen LogP contribution >= 0.6 is 0 Å². The number of aliphatic hydroxyl groups is 1. The highest BCUT2D eigenvalue weighted by atomic mass is 16.6. The van der Waals surface area contributed by atoms with Gasteiger partial charge in [-0.2, -0.15) is 0 Å². The van der Waals surface area contributed by atoms with Crippen molar-refractivity contribution < 1.29 is 24.2 Å². The normalized spacial score (nSPS) is 28.3. The van der Waals surface area contributed by atoms with Crippen LogP contribution in [-0.4, -0.2) is 36.4 Å². The zero-order chi connectivity index (χ0) is 9.19. The lowest BCUT2D eigenvalue weighted by molar-refractivity contribution is -0.146. The molecule has 5 heteroatoms. The molecule has 1 fully saturated rings. The van der Waals surface area contributed by atoms with Crippen LogP contribution in [0.2, 0.25) is 0 Å². The highest BCUT2D eigenvalue weighted by Gasteiger charge is 2.40. The number of hydrogen-bond acceptors (Lipinski definition) is 5. The molecule has 1 atom stereocenters. The topological polar surface area (TPSA) is 72.8 Å². The van der Waals surface area contributed by atoms with Crippen molar-refractivity contribution in [3.05, 3.63) is 0 Å². The van der Waals surface area contributed by atoms with Gasteiger partial charge in [0.25, 0.3) is 0 Å². The van der Waals surface area contributed by atoms with E-state index in [0.717, 1.165) is 0 Å². The highest BCUT2D eigenvalue weighted by molar-refractivity contribution is 5.77. The van der Waals surface area contributed by atoms with Gasteiger partial charge in [-0.1, -0.05) is 0 Å². The van der Waals surface area contributed by atoms with Crippen molar-refractivity contribution in [2.45, 2.75) is 18.4 Å². The molecule has 0 aromatic heterocycles. The summed E-state index contributed by atoms with van der Waals surface area (Å²) in [5.41, 5.74) is -1.36. The molecule has 1 unspecified atom stereocenters. The van der Waals surface area contributed by atoms with Crippen molar-refractivity contribution in [3.8, 4) is 0 Å². The van der Waals surface area contributed by atoms with Crippen LogP contribution in [0.5, 0.6) is 0 Å². The summed E-state index contributed by atoms with van der Waals surface area (Å²) < 4.78 is 8.86. The highest BCUT2D eigenvalue weighted by Crippen LogP contribution is 2.23. The molecule has 68 valence electrons. The molecule has 1 rings (SSSR count). The lowest BCUT2D eigenvalue weighted by Crippen LogP contribution is -2.32. The summed E-state index contributed by atoms with van der Waals surface area (Å²) in [5.74, 6) is -1.03. The Hall–Kier alpha value is -1.10. The number of rotatable bonds is 2. The Morgan fingerprint density at radius 3 is 2.92 bits per heavy atom. The van der Waals surface area contributed by atoms with Crippen molar-refractivity contribution in [2.24, 2.45) is 0 Å². The molecular formula is C7H10O5. The first-order chi connectivity index (χ1) is 5.56. The van der Waals surface area contributed by atoms with Crippen molar-refractivity contribution in [3.63, 3.8) is 0 Å². The molecule has 0 bridgehead atoms. The standard InChI is InChI=1S/C7H10O5/c1-11-5(8)2-7(10)3-6(9)12-4-7/h10H,2-4H2,1H3. The fourth-order valence-electron chi connectivity index (χ4n) is 1.04. The van der Waals surface area contributed by atoms with Gasteiger partial charge < -0.3 is 14.6 Å². The van der Waals surface area contributed by atoms with Crippen molar-refractivity contribution >= 4 is 11.9 Å². The first-order valence-corrected chi connectivity index (χ1v) is 3.50. The van der Waals surface area contributed by atoms with Gasteiger partial charge in [0.05, 0.1) is 20.0 Å². The third kappa shape index (κ3) is 1.94. The third-order valence-corrected chi connectivity index (χ3v) is 1.68. The van der Waals surface area contributed by atoms with Crippen LogP contribution in [0.3, 0.4) is 0 Å². The van der Waals surface area contributed by atoms with E-state index in [0.29, 0.717) is 0 Å². The molecule has 1 saturated heterocycles. The van der Waals surface area contributed by atoms with Crippen LogP contribution < -0.4 is 0 Å². The molecule has 0 amide bonds. The predicted molar refractivity (Wildman–Crippen MR) is 37.2 cm³/mol. The molecule has 0 saturated carbocycles. The maximum atomic E-state index is 10.7. The Balaban J connectivity index is 2.50. The van der Waals surface area contributed by atoms with Gasteiger partial charge in [0.1, 0.15) is 12.2 Å². The zero-order valence-corrected chi connectivity index (χ0v) is 6.70. The van der Waals surface area contributed by atoms with E-state index in [4.69, 9.17) is 0 Å². The van der Waals surface area contributed by atoms with E-state index in [1.54, 1.807) is 0 Å². The first-order valence-electron chi connectivity index (χ1n) is 3.50. The number of carbonyl (C=O) groups is 2. The average Bonchev–Trinajstić information content (AvgIpc) is 2.30. The molecule has 0 radical (unpaired) electrons. The largest absolute Gasteiger partial charge is 0.469 e. The Kier molecular flexibility index (Phi) is 2.32. The molecule has 1 aliphatic rings. The fourth-order valence-corrected chi connectivity index (χ4v) is 1.04. The minimum Gasteiger partial charge on any atom is -0.469 e. The average molecular weight is 174 g/mol. The lowest BCUT2D eigenvalue weighted by atomic mass is 9.99. The van der Waals surface area contributed by atoms with Gasteiger partial charge in [0.15, 0.2) is 0 Å². The zero-order valence-electron chi connectivity index (χ0n) is 6.70. The van der Waals surface area contributed by atoms with Gasteiger partial charge in [-0.25, -0.2) is 0 Å². The number of ether oxygens (including phenoxy) is 2. The van der Waals surface area contributed by atoms with Crippen LogP contribution in [0.25, 0.3) is 0 Å². The molecule has 0 aromatic carbocycles. The quantitative estimate of drug-likeness (QED) is 0.556. The summed E-state index contributed by atoms with van der Waals surface area (Å²) in [6.45, 7) is -0.124. The van der Waals surface area contributed by atoms with Gasteiger partial charge in [-0.3, -0.25) is 9.59 Å². The number of cyclic esters (lactones) is 1. The van der Waals surface area contributed by atoms with Gasteiger partial charge in [-0.15, -0.1) is 0 Å². The molecule has 0 aliphatic carbocycles. The first kappa shape index (κ1) is 8.99. The minimum atomic E-state index is -1.36. The van der Waals surface area contributed by atoms with E-state index < -0.39 is 17.5 Å². The third-order valence-electron chi connectivity index (χ3n) is 1.68. The SMILES string of the molecule is COC(=O)CC1(O)COC(=O)C1. The smallest absolute Gasteiger partial charge is 0.308 e. The summed E-state index contributed by atoms with van der Waals surface area (Å²) >= 11 is 0.